The predicted octanol–water partition coefficient (Wildman–Crippen LogP) is 2.89. The number of ether oxygens (including phenoxy) is 2. The number of carbonyl (C=O) groups is 2. The van der Waals surface area contributed by atoms with Crippen molar-refractivity contribution < 1.29 is 19.1 Å². The maximum absolute atomic E-state index is 12.9. The highest BCUT2D eigenvalue weighted by molar-refractivity contribution is 5.84. The van der Waals surface area contributed by atoms with Gasteiger partial charge in [-0.2, -0.15) is 0 Å². The summed E-state index contributed by atoms with van der Waals surface area (Å²) >= 11 is 0. The molecule has 10 heteroatoms. The first kappa shape index (κ1) is 27.0. The van der Waals surface area contributed by atoms with E-state index in [1.165, 1.54) is 0 Å². The first-order valence-corrected chi connectivity index (χ1v) is 12.5. The van der Waals surface area contributed by atoms with Gasteiger partial charge in [0.1, 0.15) is 18.0 Å². The summed E-state index contributed by atoms with van der Waals surface area (Å²) in [6.07, 6.45) is 0.856. The average Bonchev–Trinajstić information content (AvgIpc) is 2.90. The average molecular weight is 499 g/mol. The highest BCUT2D eigenvalue weighted by Crippen LogP contribution is 2.32. The number of hydrogen-bond donors (Lipinski definition) is 1. The molecule has 1 aromatic carbocycles. The van der Waals surface area contributed by atoms with Gasteiger partial charge in [0.05, 0.1) is 19.9 Å². The Hall–Kier alpha value is -3.56. The molecule has 196 valence electrons. The number of amides is 3. The summed E-state index contributed by atoms with van der Waals surface area (Å²) in [4.78, 5) is 30.9. The number of nitrogens with one attached hydrogen (secondary N) is 1. The monoisotopic (exact) mass is 498 g/mol. The second kappa shape index (κ2) is 12.9. The molecule has 1 N–H and O–H groups in total. The molecule has 0 radical (unpaired) electrons. The van der Waals surface area contributed by atoms with E-state index in [-0.39, 0.29) is 18.5 Å². The van der Waals surface area contributed by atoms with Crippen LogP contribution >= 0.6 is 0 Å². The molecule has 0 bridgehead atoms. The summed E-state index contributed by atoms with van der Waals surface area (Å²) in [5, 5.41) is 11.6. The molecular weight excluding hydrogens is 460 g/mol. The van der Waals surface area contributed by atoms with E-state index >= 15 is 0 Å². The second-order valence-electron chi connectivity index (χ2n) is 9.15. The molecular formula is C26H38N6O4. The van der Waals surface area contributed by atoms with Crippen LogP contribution in [0.3, 0.4) is 0 Å². The maximum atomic E-state index is 12.9. The molecule has 2 heterocycles. The number of piperazine rings is 1. The van der Waals surface area contributed by atoms with Gasteiger partial charge in [-0.05, 0) is 43.5 Å². The van der Waals surface area contributed by atoms with Gasteiger partial charge in [0, 0.05) is 50.9 Å². The molecule has 0 saturated carbocycles. The van der Waals surface area contributed by atoms with E-state index in [9.17, 15) is 9.59 Å². The summed E-state index contributed by atoms with van der Waals surface area (Å²) in [6, 6.07) is 9.25. The highest BCUT2D eigenvalue weighted by atomic mass is 16.5. The number of aromatic nitrogens is 2. The fraction of sp³-hybridized carbons (Fsp3) is 0.538. The van der Waals surface area contributed by atoms with Crippen LogP contribution in [0.4, 0.5) is 10.6 Å². The molecule has 0 unspecified atom stereocenters. The third-order valence-electron chi connectivity index (χ3n) is 6.21. The molecule has 3 rings (SSSR count). The predicted molar refractivity (Wildman–Crippen MR) is 139 cm³/mol. The zero-order valence-electron chi connectivity index (χ0n) is 22.0. The zero-order valence-corrected chi connectivity index (χ0v) is 22.0. The van der Waals surface area contributed by atoms with Crippen molar-refractivity contribution >= 4 is 17.8 Å². The summed E-state index contributed by atoms with van der Waals surface area (Å²) in [5.41, 5.74) is 1.54. The van der Waals surface area contributed by atoms with Gasteiger partial charge in [-0.25, -0.2) is 4.79 Å². The van der Waals surface area contributed by atoms with Gasteiger partial charge < -0.3 is 29.5 Å². The summed E-state index contributed by atoms with van der Waals surface area (Å²) in [7, 11) is 3.23. The van der Waals surface area contributed by atoms with E-state index in [0.717, 1.165) is 17.8 Å². The van der Waals surface area contributed by atoms with Gasteiger partial charge in [-0.1, -0.05) is 13.8 Å². The Labute approximate surface area is 213 Å². The Kier molecular flexibility index (Phi) is 9.72. The van der Waals surface area contributed by atoms with Crippen molar-refractivity contribution in [3.63, 3.8) is 0 Å². The zero-order chi connectivity index (χ0) is 26.1. The number of anilines is 1. The van der Waals surface area contributed by atoms with E-state index in [1.807, 2.05) is 42.2 Å². The van der Waals surface area contributed by atoms with Gasteiger partial charge in [0.15, 0.2) is 5.82 Å². The lowest BCUT2D eigenvalue weighted by molar-refractivity contribution is -0.132. The van der Waals surface area contributed by atoms with Crippen LogP contribution in [0.25, 0.3) is 11.3 Å². The van der Waals surface area contributed by atoms with E-state index in [1.54, 1.807) is 19.1 Å². The molecule has 10 nitrogen and oxygen atoms in total. The Balaban J connectivity index is 1.58. The van der Waals surface area contributed by atoms with E-state index < -0.39 is 0 Å². The summed E-state index contributed by atoms with van der Waals surface area (Å²) < 4.78 is 10.7. The van der Waals surface area contributed by atoms with Crippen molar-refractivity contribution in [3.05, 3.63) is 30.3 Å². The molecule has 0 atom stereocenters. The van der Waals surface area contributed by atoms with Crippen LogP contribution in [-0.2, 0) is 4.79 Å². The standard InChI is InChI=1S/C26H38N6O4/c1-6-27-26(34)32(12-11-19(2)3)18-25(33)31-15-13-30(14-16-31)24-10-9-22(28-29-24)21-8-7-20(35-4)17-23(21)36-5/h7-10,17,19H,6,11-16,18H2,1-5H3,(H,27,34). The number of hydrogen-bond acceptors (Lipinski definition) is 7. The van der Waals surface area contributed by atoms with Crippen LogP contribution in [-0.4, -0.2) is 92.0 Å². The number of urea groups is 1. The minimum atomic E-state index is -0.186. The third-order valence-corrected chi connectivity index (χ3v) is 6.21. The van der Waals surface area contributed by atoms with Crippen LogP contribution in [0, 0.1) is 5.92 Å². The van der Waals surface area contributed by atoms with Crippen molar-refractivity contribution in [2.75, 3.05) is 64.9 Å². The fourth-order valence-electron chi connectivity index (χ4n) is 4.03. The fourth-order valence-corrected chi connectivity index (χ4v) is 4.03. The second-order valence-corrected chi connectivity index (χ2v) is 9.15. The molecule has 1 aliphatic rings. The number of carbonyl (C=O) groups excluding carboxylic acids is 2. The van der Waals surface area contributed by atoms with Crippen LogP contribution in [0.1, 0.15) is 27.2 Å². The van der Waals surface area contributed by atoms with Crippen LogP contribution < -0.4 is 19.7 Å². The topological polar surface area (TPSA) is 100 Å². The normalized spacial score (nSPS) is 13.5. The molecule has 2 aromatic rings. The van der Waals surface area contributed by atoms with Crippen molar-refractivity contribution in [2.45, 2.75) is 27.2 Å². The number of nitrogens with zero attached hydrogens (tertiary/aromatic N) is 5. The first-order chi connectivity index (χ1) is 17.4. The number of methoxy groups -OCH3 is 2. The number of rotatable bonds is 10. The largest absolute Gasteiger partial charge is 0.497 e. The minimum absolute atomic E-state index is 0.0299. The first-order valence-electron chi connectivity index (χ1n) is 12.5. The van der Waals surface area contributed by atoms with Gasteiger partial charge in [-0.3, -0.25) is 4.79 Å². The Morgan fingerprint density at radius 1 is 1.06 bits per heavy atom. The maximum Gasteiger partial charge on any atom is 0.317 e. The van der Waals surface area contributed by atoms with Gasteiger partial charge >= 0.3 is 6.03 Å². The van der Waals surface area contributed by atoms with E-state index in [4.69, 9.17) is 9.47 Å². The molecule has 1 aromatic heterocycles. The third kappa shape index (κ3) is 6.99. The van der Waals surface area contributed by atoms with E-state index in [2.05, 4.69) is 34.3 Å². The van der Waals surface area contributed by atoms with Gasteiger partial charge in [0.2, 0.25) is 5.91 Å². The van der Waals surface area contributed by atoms with Gasteiger partial charge in [0.25, 0.3) is 0 Å². The molecule has 1 aliphatic heterocycles. The van der Waals surface area contributed by atoms with Crippen LogP contribution in [0.5, 0.6) is 11.5 Å². The molecule has 1 fully saturated rings. The molecule has 3 amide bonds. The van der Waals surface area contributed by atoms with Crippen LogP contribution in [0.2, 0.25) is 0 Å². The van der Waals surface area contributed by atoms with Crippen molar-refractivity contribution in [1.29, 1.82) is 0 Å². The highest BCUT2D eigenvalue weighted by Gasteiger charge is 2.25. The molecule has 0 aliphatic carbocycles. The quantitative estimate of drug-likeness (QED) is 0.538. The SMILES string of the molecule is CCNC(=O)N(CCC(C)C)CC(=O)N1CCN(c2ccc(-c3ccc(OC)cc3OC)nn2)CC1. The minimum Gasteiger partial charge on any atom is -0.497 e. The lowest BCUT2D eigenvalue weighted by atomic mass is 10.1. The Bertz CT molecular complexity index is 1010. The Morgan fingerprint density at radius 2 is 1.81 bits per heavy atom. The summed E-state index contributed by atoms with van der Waals surface area (Å²) in [5.74, 6) is 2.57. The number of benzene rings is 1. The van der Waals surface area contributed by atoms with Crippen molar-refractivity contribution in [2.24, 2.45) is 5.92 Å². The van der Waals surface area contributed by atoms with Crippen molar-refractivity contribution in [1.82, 2.24) is 25.3 Å². The molecule has 1 saturated heterocycles. The molecule has 0 spiro atoms. The molecule has 36 heavy (non-hydrogen) atoms. The smallest absolute Gasteiger partial charge is 0.317 e. The Morgan fingerprint density at radius 3 is 2.39 bits per heavy atom. The lowest BCUT2D eigenvalue weighted by Crippen LogP contribution is -2.53. The van der Waals surface area contributed by atoms with E-state index in [0.29, 0.717) is 62.4 Å². The van der Waals surface area contributed by atoms with Crippen LogP contribution in [0.15, 0.2) is 30.3 Å². The lowest BCUT2D eigenvalue weighted by Gasteiger charge is -2.36. The van der Waals surface area contributed by atoms with Gasteiger partial charge in [-0.15, -0.1) is 10.2 Å². The summed E-state index contributed by atoms with van der Waals surface area (Å²) in [6.45, 7) is 9.74. The van der Waals surface area contributed by atoms with Crippen molar-refractivity contribution in [3.8, 4) is 22.8 Å².